The first-order valence-electron chi connectivity index (χ1n) is 5.87. The molecular weight excluding hydrogens is 266 g/mol. The number of hydrogen-bond donors (Lipinski definition) is 1. The van der Waals surface area contributed by atoms with E-state index in [1.807, 2.05) is 32.5 Å². The van der Waals surface area contributed by atoms with E-state index in [-0.39, 0.29) is 11.6 Å². The fraction of sp³-hybridized carbons (Fsp3) is 0.500. The summed E-state index contributed by atoms with van der Waals surface area (Å²) in [5.74, 6) is 0. The molecule has 2 heterocycles. The van der Waals surface area contributed by atoms with Crippen molar-refractivity contribution in [3.8, 4) is 0 Å². The molecule has 6 heteroatoms. The van der Waals surface area contributed by atoms with Gasteiger partial charge in [0, 0.05) is 6.04 Å². The highest BCUT2D eigenvalue weighted by Crippen LogP contribution is 2.17. The van der Waals surface area contributed by atoms with E-state index in [1.165, 1.54) is 11.3 Å². The van der Waals surface area contributed by atoms with E-state index in [4.69, 9.17) is 12.2 Å². The first kappa shape index (κ1) is 13.5. The minimum absolute atomic E-state index is 0.0151. The van der Waals surface area contributed by atoms with E-state index in [0.717, 1.165) is 23.2 Å². The molecule has 0 aliphatic rings. The molecule has 0 saturated heterocycles. The number of fused-ring (bicyclic) bond motifs is 1. The maximum atomic E-state index is 12.4. The second-order valence-electron chi connectivity index (χ2n) is 4.71. The summed E-state index contributed by atoms with van der Waals surface area (Å²) >= 11 is 6.80. The summed E-state index contributed by atoms with van der Waals surface area (Å²) in [7, 11) is 4.05. The number of hydrogen-bond acceptors (Lipinski definition) is 4. The monoisotopic (exact) mass is 283 g/mol. The Morgan fingerprint density at radius 1 is 1.56 bits per heavy atom. The molecule has 2 rings (SSSR count). The molecule has 0 aromatic carbocycles. The van der Waals surface area contributed by atoms with Crippen molar-refractivity contribution in [1.82, 2.24) is 14.5 Å². The molecule has 2 aromatic heterocycles. The molecule has 0 bridgehead atoms. The number of aromatic amines is 1. The highest BCUT2D eigenvalue weighted by Gasteiger charge is 2.12. The summed E-state index contributed by atoms with van der Waals surface area (Å²) in [5, 5.41) is 2.64. The van der Waals surface area contributed by atoms with Crippen molar-refractivity contribution in [3.05, 3.63) is 26.6 Å². The molecule has 0 aliphatic heterocycles. The molecule has 1 N–H and O–H groups in total. The molecule has 2 aromatic rings. The molecule has 0 saturated carbocycles. The highest BCUT2D eigenvalue weighted by molar-refractivity contribution is 7.71. The molecule has 0 amide bonds. The van der Waals surface area contributed by atoms with Gasteiger partial charge in [0.25, 0.3) is 5.56 Å². The minimum Gasteiger partial charge on any atom is -0.323 e. The lowest BCUT2D eigenvalue weighted by Crippen LogP contribution is -2.27. The average molecular weight is 283 g/mol. The summed E-state index contributed by atoms with van der Waals surface area (Å²) in [6.07, 6.45) is 0.903. The lowest BCUT2D eigenvalue weighted by atomic mass is 10.2. The third-order valence-electron chi connectivity index (χ3n) is 2.99. The summed E-state index contributed by atoms with van der Waals surface area (Å²) in [5.41, 5.74) is 0.0151. The Bertz CT molecular complexity index is 653. The Kier molecular flexibility index (Phi) is 3.99. The van der Waals surface area contributed by atoms with Gasteiger partial charge in [-0.05, 0) is 57.6 Å². The number of rotatable bonds is 4. The van der Waals surface area contributed by atoms with Crippen LogP contribution < -0.4 is 5.56 Å². The van der Waals surface area contributed by atoms with Crippen LogP contribution in [0.5, 0.6) is 0 Å². The van der Waals surface area contributed by atoms with Crippen molar-refractivity contribution >= 4 is 33.8 Å². The van der Waals surface area contributed by atoms with Gasteiger partial charge in [-0.25, -0.2) is 0 Å². The maximum Gasteiger partial charge on any atom is 0.263 e. The van der Waals surface area contributed by atoms with Gasteiger partial charge in [0.05, 0.1) is 5.39 Å². The van der Waals surface area contributed by atoms with Crippen LogP contribution in [0.2, 0.25) is 0 Å². The standard InChI is InChI=1S/C12H17N3OS2/c1-8(4-6-14(2)3)15-11(16)9-5-7-18-10(9)13-12(15)17/h5,7-8H,4,6H2,1-3H3,(H,13,17). The Labute approximate surface area is 115 Å². The second kappa shape index (κ2) is 5.34. The fourth-order valence-corrected chi connectivity index (χ4v) is 3.14. The van der Waals surface area contributed by atoms with Gasteiger partial charge < -0.3 is 9.88 Å². The maximum absolute atomic E-state index is 12.4. The Morgan fingerprint density at radius 3 is 2.94 bits per heavy atom. The SMILES string of the molecule is CC(CCN(C)C)n1c(=S)[nH]c2sccc2c1=O. The normalized spacial score (nSPS) is 13.3. The summed E-state index contributed by atoms with van der Waals surface area (Å²) < 4.78 is 2.20. The zero-order chi connectivity index (χ0) is 13.3. The van der Waals surface area contributed by atoms with Gasteiger partial charge in [-0.2, -0.15) is 0 Å². The van der Waals surface area contributed by atoms with Gasteiger partial charge >= 0.3 is 0 Å². The van der Waals surface area contributed by atoms with Gasteiger partial charge in [0.15, 0.2) is 4.77 Å². The topological polar surface area (TPSA) is 41.0 Å². The number of thiophene rings is 1. The Hall–Kier alpha value is -0.980. The van der Waals surface area contributed by atoms with Crippen molar-refractivity contribution in [2.75, 3.05) is 20.6 Å². The Balaban J connectivity index is 2.43. The van der Waals surface area contributed by atoms with Crippen LogP contribution in [-0.4, -0.2) is 35.1 Å². The van der Waals surface area contributed by atoms with E-state index in [1.54, 1.807) is 4.57 Å². The molecule has 18 heavy (non-hydrogen) atoms. The van der Waals surface area contributed by atoms with Crippen molar-refractivity contribution in [2.24, 2.45) is 0 Å². The van der Waals surface area contributed by atoms with Gasteiger partial charge in [0.1, 0.15) is 4.83 Å². The quantitative estimate of drug-likeness (QED) is 0.877. The van der Waals surface area contributed by atoms with Crippen LogP contribution in [-0.2, 0) is 0 Å². The number of nitrogens with one attached hydrogen (secondary N) is 1. The summed E-state index contributed by atoms with van der Waals surface area (Å²) in [4.78, 5) is 18.5. The average Bonchev–Trinajstić information content (AvgIpc) is 2.74. The zero-order valence-corrected chi connectivity index (χ0v) is 12.4. The summed E-state index contributed by atoms with van der Waals surface area (Å²) in [6.45, 7) is 2.97. The van der Waals surface area contributed by atoms with E-state index in [9.17, 15) is 4.79 Å². The fourth-order valence-electron chi connectivity index (χ4n) is 1.93. The lowest BCUT2D eigenvalue weighted by Gasteiger charge is -2.17. The molecule has 0 radical (unpaired) electrons. The third kappa shape index (κ3) is 2.55. The van der Waals surface area contributed by atoms with E-state index >= 15 is 0 Å². The first-order valence-corrected chi connectivity index (χ1v) is 7.16. The molecule has 0 spiro atoms. The number of H-pyrrole nitrogens is 1. The molecule has 98 valence electrons. The largest absolute Gasteiger partial charge is 0.323 e. The number of aromatic nitrogens is 2. The molecule has 1 unspecified atom stereocenters. The molecule has 4 nitrogen and oxygen atoms in total. The van der Waals surface area contributed by atoms with Crippen LogP contribution in [0, 0.1) is 4.77 Å². The van der Waals surface area contributed by atoms with Crippen molar-refractivity contribution in [2.45, 2.75) is 19.4 Å². The number of nitrogens with zero attached hydrogens (tertiary/aromatic N) is 2. The predicted molar refractivity (Wildman–Crippen MR) is 79.2 cm³/mol. The van der Waals surface area contributed by atoms with E-state index in [2.05, 4.69) is 9.88 Å². The van der Waals surface area contributed by atoms with Crippen LogP contribution in [0.25, 0.3) is 10.2 Å². The van der Waals surface area contributed by atoms with E-state index < -0.39 is 0 Å². The van der Waals surface area contributed by atoms with Crippen molar-refractivity contribution in [3.63, 3.8) is 0 Å². The Morgan fingerprint density at radius 2 is 2.28 bits per heavy atom. The zero-order valence-electron chi connectivity index (χ0n) is 10.8. The first-order chi connectivity index (χ1) is 8.50. The van der Waals surface area contributed by atoms with Gasteiger partial charge in [-0.15, -0.1) is 11.3 Å². The van der Waals surface area contributed by atoms with Gasteiger partial charge in [0.2, 0.25) is 0 Å². The van der Waals surface area contributed by atoms with Crippen LogP contribution in [0.4, 0.5) is 0 Å². The van der Waals surface area contributed by atoms with Crippen LogP contribution >= 0.6 is 23.6 Å². The van der Waals surface area contributed by atoms with Gasteiger partial charge in [-0.1, -0.05) is 0 Å². The van der Waals surface area contributed by atoms with Crippen LogP contribution in [0.1, 0.15) is 19.4 Å². The summed E-state index contributed by atoms with van der Waals surface area (Å²) in [6, 6.07) is 1.95. The molecule has 0 fully saturated rings. The minimum atomic E-state index is 0.0151. The molecular formula is C12H17N3OS2. The predicted octanol–water partition coefficient (Wildman–Crippen LogP) is 2.63. The smallest absolute Gasteiger partial charge is 0.263 e. The van der Waals surface area contributed by atoms with E-state index in [0.29, 0.717) is 4.77 Å². The van der Waals surface area contributed by atoms with Crippen LogP contribution in [0.3, 0.4) is 0 Å². The highest BCUT2D eigenvalue weighted by atomic mass is 32.1. The molecule has 1 atom stereocenters. The van der Waals surface area contributed by atoms with Crippen LogP contribution in [0.15, 0.2) is 16.2 Å². The second-order valence-corrected chi connectivity index (χ2v) is 6.01. The third-order valence-corrected chi connectivity index (χ3v) is 4.12. The molecule has 0 aliphatic carbocycles. The lowest BCUT2D eigenvalue weighted by molar-refractivity contribution is 0.353. The van der Waals surface area contributed by atoms with Gasteiger partial charge in [-0.3, -0.25) is 9.36 Å². The van der Waals surface area contributed by atoms with Crippen molar-refractivity contribution in [1.29, 1.82) is 0 Å². The van der Waals surface area contributed by atoms with Crippen molar-refractivity contribution < 1.29 is 0 Å².